The summed E-state index contributed by atoms with van der Waals surface area (Å²) < 4.78 is 2.13. The van der Waals surface area contributed by atoms with Crippen molar-refractivity contribution in [3.63, 3.8) is 0 Å². The van der Waals surface area contributed by atoms with Gasteiger partial charge in [0.05, 0.1) is 0 Å². The molecule has 0 aliphatic rings. The van der Waals surface area contributed by atoms with Crippen LogP contribution in [0.3, 0.4) is 0 Å². The molecule has 0 fully saturated rings. The van der Waals surface area contributed by atoms with Crippen LogP contribution in [-0.2, 0) is 0 Å². The number of benzene rings is 4. The lowest BCUT2D eigenvalue weighted by molar-refractivity contribution is 1.51. The van der Waals surface area contributed by atoms with Crippen molar-refractivity contribution in [3.05, 3.63) is 146 Å². The first kappa shape index (κ1) is 19.7. The second kappa shape index (κ2) is 9.24. The van der Waals surface area contributed by atoms with E-state index in [0.29, 0.717) is 0 Å². The first-order chi connectivity index (χ1) is 14.2. The molecule has 0 amide bonds. The lowest BCUT2D eigenvalue weighted by Crippen LogP contribution is -1.90. The molecule has 0 unspecified atom stereocenters. The fraction of sp³-hybridized carbons (Fsp3) is 0. The molecule has 4 rings (SSSR count). The molecule has 2 heteroatoms. The van der Waals surface area contributed by atoms with Crippen molar-refractivity contribution in [2.24, 2.45) is 0 Å². The lowest BCUT2D eigenvalue weighted by atomic mass is 9.93. The summed E-state index contributed by atoms with van der Waals surface area (Å²) in [5.74, 6) is 0. The second-order valence-electron chi connectivity index (χ2n) is 6.62. The highest BCUT2D eigenvalue weighted by atomic mass is 79.9. The molecular formula is C27H18Br2. The molecule has 0 aliphatic heterocycles. The fourth-order valence-corrected chi connectivity index (χ4v) is 3.72. The maximum Gasteiger partial charge on any atom is 0.0316 e. The average Bonchev–Trinajstić information content (AvgIpc) is 2.77. The standard InChI is InChI=1S/C27H18Br2/c28-24-15-11-22(12-16-24)26(20-7-3-1-4-8-20)19-27(21-9-5-2-6-10-21)23-13-17-25(29)18-14-23/h1-18H. The molecule has 29 heavy (non-hydrogen) atoms. The minimum Gasteiger partial charge on any atom is -0.102 e. The summed E-state index contributed by atoms with van der Waals surface area (Å²) in [5.41, 5.74) is 10.4. The molecule has 0 radical (unpaired) electrons. The Hall–Kier alpha value is -2.64. The molecule has 0 nitrogen and oxygen atoms in total. The minimum atomic E-state index is 1.06. The quantitative estimate of drug-likeness (QED) is 0.246. The highest BCUT2D eigenvalue weighted by molar-refractivity contribution is 9.10. The molecule has 0 atom stereocenters. The molecule has 140 valence electrons. The van der Waals surface area contributed by atoms with Gasteiger partial charge in [0, 0.05) is 20.1 Å². The Bertz CT molecular complexity index is 1060. The highest BCUT2D eigenvalue weighted by Crippen LogP contribution is 2.29. The Kier molecular flexibility index (Phi) is 6.27. The van der Waals surface area contributed by atoms with E-state index in [9.17, 15) is 0 Å². The van der Waals surface area contributed by atoms with Gasteiger partial charge in [-0.1, -0.05) is 117 Å². The highest BCUT2D eigenvalue weighted by Gasteiger charge is 2.09. The normalized spacial score (nSPS) is 10.3. The minimum absolute atomic E-state index is 1.06. The maximum absolute atomic E-state index is 3.76. The number of hydrogen-bond acceptors (Lipinski definition) is 0. The van der Waals surface area contributed by atoms with Crippen LogP contribution in [0.5, 0.6) is 0 Å². The summed E-state index contributed by atoms with van der Waals surface area (Å²) >= 11 is 7.09. The zero-order valence-corrected chi connectivity index (χ0v) is 18.8. The Balaban J connectivity index is 2.04. The van der Waals surface area contributed by atoms with Crippen LogP contribution >= 0.6 is 31.9 Å². The van der Waals surface area contributed by atoms with E-state index in [1.165, 1.54) is 0 Å². The molecule has 0 aromatic heterocycles. The first-order valence-electron chi connectivity index (χ1n) is 9.34. The largest absolute Gasteiger partial charge is 0.102 e. The second-order valence-corrected chi connectivity index (χ2v) is 8.45. The van der Waals surface area contributed by atoms with Gasteiger partial charge in [0.1, 0.15) is 0 Å². The van der Waals surface area contributed by atoms with Crippen LogP contribution in [0, 0.1) is 0 Å². The van der Waals surface area contributed by atoms with E-state index in [2.05, 4.69) is 135 Å². The van der Waals surface area contributed by atoms with Gasteiger partial charge in [0.2, 0.25) is 0 Å². The van der Waals surface area contributed by atoms with Crippen molar-refractivity contribution in [2.75, 3.05) is 0 Å². The third-order valence-corrected chi connectivity index (χ3v) is 5.70. The van der Waals surface area contributed by atoms with Crippen molar-refractivity contribution in [3.8, 4) is 0 Å². The topological polar surface area (TPSA) is 0 Å². The summed E-state index contributed by atoms with van der Waals surface area (Å²) in [7, 11) is 0. The van der Waals surface area contributed by atoms with Crippen molar-refractivity contribution in [2.45, 2.75) is 0 Å². The molecule has 0 aliphatic carbocycles. The van der Waals surface area contributed by atoms with Gasteiger partial charge < -0.3 is 0 Å². The van der Waals surface area contributed by atoms with Crippen LogP contribution < -0.4 is 0 Å². The zero-order chi connectivity index (χ0) is 20.1. The van der Waals surface area contributed by atoms with E-state index >= 15 is 0 Å². The summed E-state index contributed by atoms with van der Waals surface area (Å²) in [6.07, 6.45) is 0. The van der Waals surface area contributed by atoms with Crippen molar-refractivity contribution < 1.29 is 0 Å². The average molecular weight is 502 g/mol. The molecule has 4 aromatic carbocycles. The summed E-state index contributed by atoms with van der Waals surface area (Å²) in [6.45, 7) is 0. The van der Waals surface area contributed by atoms with Gasteiger partial charge >= 0.3 is 0 Å². The Morgan fingerprint density at radius 1 is 0.414 bits per heavy atom. The van der Waals surface area contributed by atoms with Gasteiger partial charge in [-0.15, -0.1) is 5.73 Å². The van der Waals surface area contributed by atoms with E-state index in [1.807, 2.05) is 12.1 Å². The number of halogens is 2. The van der Waals surface area contributed by atoms with Gasteiger partial charge in [0.15, 0.2) is 0 Å². The Morgan fingerprint density at radius 3 is 1.07 bits per heavy atom. The van der Waals surface area contributed by atoms with Crippen LogP contribution in [0.25, 0.3) is 11.1 Å². The van der Waals surface area contributed by atoms with E-state index in [1.54, 1.807) is 0 Å². The Labute approximate surface area is 188 Å². The van der Waals surface area contributed by atoms with E-state index in [4.69, 9.17) is 0 Å². The van der Waals surface area contributed by atoms with Gasteiger partial charge in [-0.05, 0) is 46.5 Å². The fourth-order valence-electron chi connectivity index (χ4n) is 3.19. The van der Waals surface area contributed by atoms with Gasteiger partial charge in [0.25, 0.3) is 0 Å². The van der Waals surface area contributed by atoms with Gasteiger partial charge in [-0.25, -0.2) is 0 Å². The third-order valence-electron chi connectivity index (χ3n) is 4.64. The van der Waals surface area contributed by atoms with Crippen LogP contribution in [0.4, 0.5) is 0 Å². The summed E-state index contributed by atoms with van der Waals surface area (Å²) in [6, 6.07) is 37.7. The van der Waals surface area contributed by atoms with Crippen molar-refractivity contribution in [1.29, 1.82) is 0 Å². The zero-order valence-electron chi connectivity index (χ0n) is 15.6. The van der Waals surface area contributed by atoms with Crippen LogP contribution in [0.15, 0.2) is 124 Å². The smallest absolute Gasteiger partial charge is 0.0316 e. The third kappa shape index (κ3) is 4.86. The van der Waals surface area contributed by atoms with E-state index < -0.39 is 0 Å². The SMILES string of the molecule is Brc1ccc(C(=C=C(c2ccccc2)c2ccc(Br)cc2)c2ccccc2)cc1. The number of hydrogen-bond donors (Lipinski definition) is 0. The summed E-state index contributed by atoms with van der Waals surface area (Å²) in [5, 5.41) is 0. The molecular weight excluding hydrogens is 484 g/mol. The lowest BCUT2D eigenvalue weighted by Gasteiger charge is -2.10. The van der Waals surface area contributed by atoms with Crippen molar-refractivity contribution >= 4 is 43.0 Å². The first-order valence-corrected chi connectivity index (χ1v) is 10.9. The molecule has 0 spiro atoms. The van der Waals surface area contributed by atoms with Gasteiger partial charge in [-0.3, -0.25) is 0 Å². The van der Waals surface area contributed by atoms with Gasteiger partial charge in [-0.2, -0.15) is 0 Å². The monoisotopic (exact) mass is 500 g/mol. The molecule has 4 aromatic rings. The Morgan fingerprint density at radius 2 is 0.724 bits per heavy atom. The van der Waals surface area contributed by atoms with Crippen molar-refractivity contribution in [1.82, 2.24) is 0 Å². The predicted molar refractivity (Wildman–Crippen MR) is 130 cm³/mol. The molecule has 0 N–H and O–H groups in total. The molecule has 0 heterocycles. The number of rotatable bonds is 4. The van der Waals surface area contributed by atoms with E-state index in [0.717, 1.165) is 42.3 Å². The maximum atomic E-state index is 3.76. The van der Waals surface area contributed by atoms with Crippen LogP contribution in [0.1, 0.15) is 22.3 Å². The summed E-state index contributed by atoms with van der Waals surface area (Å²) in [4.78, 5) is 0. The van der Waals surface area contributed by atoms with Crippen LogP contribution in [0.2, 0.25) is 0 Å². The van der Waals surface area contributed by atoms with Crippen LogP contribution in [-0.4, -0.2) is 0 Å². The molecule has 0 saturated heterocycles. The molecule has 0 saturated carbocycles. The predicted octanol–water partition coefficient (Wildman–Crippen LogP) is 8.37. The molecule has 0 bridgehead atoms. The van der Waals surface area contributed by atoms with E-state index in [-0.39, 0.29) is 0 Å².